The molecule has 170 valence electrons. The highest BCUT2D eigenvalue weighted by molar-refractivity contribution is 6.00. The second-order valence-electron chi connectivity index (χ2n) is 8.99. The summed E-state index contributed by atoms with van der Waals surface area (Å²) in [5, 5.41) is 2.74. The zero-order valence-corrected chi connectivity index (χ0v) is 19.8. The van der Waals surface area contributed by atoms with E-state index in [0.717, 1.165) is 11.1 Å². The summed E-state index contributed by atoms with van der Waals surface area (Å²) in [5.74, 6) is -0.751. The molecule has 0 saturated heterocycles. The monoisotopic (exact) mass is 435 g/mol. The first-order valence-corrected chi connectivity index (χ1v) is 11.1. The van der Waals surface area contributed by atoms with E-state index in [0.29, 0.717) is 11.1 Å². The Hall–Kier alpha value is -3.08. The van der Waals surface area contributed by atoms with Crippen molar-refractivity contribution < 1.29 is 19.2 Å². The van der Waals surface area contributed by atoms with E-state index in [9.17, 15) is 19.2 Å². The van der Waals surface area contributed by atoms with Crippen molar-refractivity contribution in [2.75, 3.05) is 0 Å². The number of amides is 1. The number of ketones is 3. The molecule has 0 aliphatic heterocycles. The molecule has 2 aromatic carbocycles. The van der Waals surface area contributed by atoms with E-state index in [-0.39, 0.29) is 47.4 Å². The molecule has 5 heteroatoms. The zero-order chi connectivity index (χ0) is 24.0. The molecule has 0 fully saturated rings. The summed E-state index contributed by atoms with van der Waals surface area (Å²) in [5.41, 5.74) is 2.89. The summed E-state index contributed by atoms with van der Waals surface area (Å²) in [6.07, 6.45) is 0.206. The van der Waals surface area contributed by atoms with Gasteiger partial charge in [-0.15, -0.1) is 0 Å². The molecule has 0 heterocycles. The third-order valence-corrected chi connectivity index (χ3v) is 5.58. The molecule has 2 aromatic rings. The second kappa shape index (κ2) is 11.0. The van der Waals surface area contributed by atoms with Crippen molar-refractivity contribution in [3.05, 3.63) is 59.7 Å². The lowest BCUT2D eigenvalue weighted by Gasteiger charge is -2.15. The van der Waals surface area contributed by atoms with Gasteiger partial charge in [-0.25, -0.2) is 0 Å². The SMILES string of the molecule is CC(C)C(=O)[C@H](C)CC(=O)c1ccc(-c2ccc(C(=O)N[C@@H](C)C(=O)C(C)C)cc2)cc1. The number of hydrogen-bond donors (Lipinski definition) is 1. The third kappa shape index (κ3) is 6.46. The number of benzene rings is 2. The van der Waals surface area contributed by atoms with Crippen LogP contribution in [0.4, 0.5) is 0 Å². The Kier molecular flexibility index (Phi) is 8.64. The van der Waals surface area contributed by atoms with Crippen molar-refractivity contribution in [1.29, 1.82) is 0 Å². The van der Waals surface area contributed by atoms with Crippen LogP contribution in [0.15, 0.2) is 48.5 Å². The summed E-state index contributed by atoms with van der Waals surface area (Å²) >= 11 is 0. The van der Waals surface area contributed by atoms with Crippen LogP contribution in [0, 0.1) is 17.8 Å². The first kappa shape index (κ1) is 25.2. The minimum atomic E-state index is -0.536. The van der Waals surface area contributed by atoms with Gasteiger partial charge in [-0.1, -0.05) is 71.0 Å². The Bertz CT molecular complexity index is 890. The molecule has 1 amide bonds. The average molecular weight is 436 g/mol. The van der Waals surface area contributed by atoms with Crippen LogP contribution >= 0.6 is 0 Å². The van der Waals surface area contributed by atoms with Gasteiger partial charge >= 0.3 is 0 Å². The van der Waals surface area contributed by atoms with Gasteiger partial charge in [0, 0.05) is 35.3 Å². The molecule has 2 rings (SSSR count). The first-order valence-electron chi connectivity index (χ1n) is 11.1. The molecule has 0 aliphatic carbocycles. The molecule has 0 spiro atoms. The summed E-state index contributed by atoms with van der Waals surface area (Å²) in [7, 11) is 0. The van der Waals surface area contributed by atoms with Crippen LogP contribution in [0.3, 0.4) is 0 Å². The van der Waals surface area contributed by atoms with Gasteiger partial charge in [0.25, 0.3) is 5.91 Å². The van der Waals surface area contributed by atoms with Crippen molar-refractivity contribution in [2.45, 2.75) is 54.0 Å². The van der Waals surface area contributed by atoms with Gasteiger partial charge in [0.2, 0.25) is 0 Å². The maximum atomic E-state index is 12.5. The standard InChI is InChI=1S/C27H33NO4/c1-16(2)25(30)18(5)15-24(29)22-11-7-20(8-12-22)21-9-13-23(14-10-21)27(32)28-19(6)26(31)17(3)4/h7-14,16-19H,15H2,1-6H3,(H,28,32)/t18-,19+/m1/s1. The maximum Gasteiger partial charge on any atom is 0.251 e. The second-order valence-corrected chi connectivity index (χ2v) is 8.99. The van der Waals surface area contributed by atoms with Crippen LogP contribution in [0.25, 0.3) is 11.1 Å². The largest absolute Gasteiger partial charge is 0.343 e. The lowest BCUT2D eigenvalue weighted by Crippen LogP contribution is -2.40. The predicted octanol–water partition coefficient (Wildman–Crippen LogP) is 5.13. The highest BCUT2D eigenvalue weighted by Crippen LogP contribution is 2.22. The van der Waals surface area contributed by atoms with Crippen LogP contribution in [-0.2, 0) is 9.59 Å². The Labute approximate surface area is 190 Å². The van der Waals surface area contributed by atoms with Crippen LogP contribution in [0.5, 0.6) is 0 Å². The smallest absolute Gasteiger partial charge is 0.251 e. The number of nitrogens with one attached hydrogen (secondary N) is 1. The summed E-state index contributed by atoms with van der Waals surface area (Å²) < 4.78 is 0. The molecule has 0 unspecified atom stereocenters. The van der Waals surface area contributed by atoms with Gasteiger partial charge in [-0.05, 0) is 30.2 Å². The van der Waals surface area contributed by atoms with E-state index in [1.54, 1.807) is 38.1 Å². The fourth-order valence-corrected chi connectivity index (χ4v) is 3.58. The van der Waals surface area contributed by atoms with Crippen molar-refractivity contribution >= 4 is 23.3 Å². The Morgan fingerprint density at radius 1 is 0.656 bits per heavy atom. The predicted molar refractivity (Wildman–Crippen MR) is 127 cm³/mol. The zero-order valence-electron chi connectivity index (χ0n) is 19.8. The maximum absolute atomic E-state index is 12.5. The molecule has 2 atom stereocenters. The number of hydrogen-bond acceptors (Lipinski definition) is 4. The van der Waals surface area contributed by atoms with E-state index >= 15 is 0 Å². The van der Waals surface area contributed by atoms with Gasteiger partial charge in [0.05, 0.1) is 6.04 Å². The van der Waals surface area contributed by atoms with Crippen molar-refractivity contribution in [3.63, 3.8) is 0 Å². The van der Waals surface area contributed by atoms with Gasteiger partial charge in [-0.2, -0.15) is 0 Å². The Balaban J connectivity index is 2.04. The van der Waals surface area contributed by atoms with Gasteiger partial charge < -0.3 is 5.32 Å². The number of carbonyl (C=O) groups is 4. The normalized spacial score (nSPS) is 13.0. The number of rotatable bonds is 10. The molecule has 0 radical (unpaired) electrons. The van der Waals surface area contributed by atoms with Crippen molar-refractivity contribution in [1.82, 2.24) is 5.32 Å². The summed E-state index contributed by atoms with van der Waals surface area (Å²) in [6.45, 7) is 10.8. The molecular formula is C27H33NO4. The molecule has 5 nitrogen and oxygen atoms in total. The molecule has 0 aromatic heterocycles. The van der Waals surface area contributed by atoms with E-state index < -0.39 is 6.04 Å². The molecule has 0 aliphatic rings. The fraction of sp³-hybridized carbons (Fsp3) is 0.407. The van der Waals surface area contributed by atoms with Crippen molar-refractivity contribution in [2.24, 2.45) is 17.8 Å². The van der Waals surface area contributed by atoms with Gasteiger partial charge in [0.1, 0.15) is 5.78 Å². The molecule has 0 bridgehead atoms. The number of carbonyl (C=O) groups excluding carboxylic acids is 4. The quantitative estimate of drug-likeness (QED) is 0.525. The van der Waals surface area contributed by atoms with E-state index in [1.165, 1.54) is 0 Å². The molecular weight excluding hydrogens is 402 g/mol. The van der Waals surface area contributed by atoms with Crippen LogP contribution < -0.4 is 5.32 Å². The first-order chi connectivity index (χ1) is 15.0. The highest BCUT2D eigenvalue weighted by Gasteiger charge is 2.21. The Morgan fingerprint density at radius 2 is 1.09 bits per heavy atom. The summed E-state index contributed by atoms with van der Waals surface area (Å²) in [6, 6.07) is 13.8. The van der Waals surface area contributed by atoms with Gasteiger partial charge in [0.15, 0.2) is 11.6 Å². The van der Waals surface area contributed by atoms with Crippen molar-refractivity contribution in [3.8, 4) is 11.1 Å². The number of Topliss-reactive ketones (excluding diaryl/α,β-unsaturated/α-hetero) is 3. The fourth-order valence-electron chi connectivity index (χ4n) is 3.58. The molecule has 32 heavy (non-hydrogen) atoms. The molecule has 0 saturated carbocycles. The van der Waals surface area contributed by atoms with E-state index in [1.807, 2.05) is 52.0 Å². The Morgan fingerprint density at radius 3 is 1.53 bits per heavy atom. The average Bonchev–Trinajstić information content (AvgIpc) is 2.77. The lowest BCUT2D eigenvalue weighted by molar-refractivity contribution is -0.125. The van der Waals surface area contributed by atoms with E-state index in [4.69, 9.17) is 0 Å². The lowest BCUT2D eigenvalue weighted by atomic mass is 9.90. The van der Waals surface area contributed by atoms with Crippen LogP contribution in [0.1, 0.15) is 68.7 Å². The highest BCUT2D eigenvalue weighted by atomic mass is 16.2. The third-order valence-electron chi connectivity index (χ3n) is 5.58. The van der Waals surface area contributed by atoms with E-state index in [2.05, 4.69) is 5.32 Å². The summed E-state index contributed by atoms with van der Waals surface area (Å²) in [4.78, 5) is 48.9. The minimum absolute atomic E-state index is 0.00688. The molecule has 1 N–H and O–H groups in total. The van der Waals surface area contributed by atoms with Crippen LogP contribution in [0.2, 0.25) is 0 Å². The topological polar surface area (TPSA) is 80.3 Å². The van der Waals surface area contributed by atoms with Crippen LogP contribution in [-0.4, -0.2) is 29.3 Å². The minimum Gasteiger partial charge on any atom is -0.343 e. The van der Waals surface area contributed by atoms with Gasteiger partial charge in [-0.3, -0.25) is 19.2 Å².